The van der Waals surface area contributed by atoms with Gasteiger partial charge in [-0.05, 0) is 55.0 Å². The minimum absolute atomic E-state index is 0.0249. The summed E-state index contributed by atoms with van der Waals surface area (Å²) in [6.07, 6.45) is 13.9. The summed E-state index contributed by atoms with van der Waals surface area (Å²) < 4.78 is 7.68. The summed E-state index contributed by atoms with van der Waals surface area (Å²) in [5.74, 6) is 0.579. The van der Waals surface area contributed by atoms with Crippen LogP contribution in [0.15, 0.2) is 47.2 Å². The first-order chi connectivity index (χ1) is 17.1. The van der Waals surface area contributed by atoms with E-state index >= 15 is 0 Å². The molecule has 2 fully saturated rings. The predicted molar refractivity (Wildman–Crippen MR) is 131 cm³/mol. The van der Waals surface area contributed by atoms with Crippen LogP contribution in [0.3, 0.4) is 0 Å². The standard InChI is InChI=1S/C27H31N5O3/c33-25(8-14-31-16-12-28-29-31)30-13-4-5-21(19-30)20-6-7-23-22(17-20)18-24(35-23)26(34)32-15-11-27(32)9-2-1-3-10-27/h5-7,12,16-18H,1-4,8-11,13-15,19H2. The second-order valence-corrected chi connectivity index (χ2v) is 10.1. The van der Waals surface area contributed by atoms with Gasteiger partial charge in [0.15, 0.2) is 5.76 Å². The SMILES string of the molecule is O=C(CCn1ccnn1)N1CCC=C(c2ccc3oc(C(=O)N4CCC45CCCCC5)cc3c2)C1. The Morgan fingerprint density at radius 2 is 1.94 bits per heavy atom. The van der Waals surface area contributed by atoms with Gasteiger partial charge < -0.3 is 14.2 Å². The summed E-state index contributed by atoms with van der Waals surface area (Å²) in [4.78, 5) is 30.0. The van der Waals surface area contributed by atoms with Crippen LogP contribution in [0, 0.1) is 0 Å². The number of amides is 2. The monoisotopic (exact) mass is 473 g/mol. The van der Waals surface area contributed by atoms with E-state index in [-0.39, 0.29) is 17.4 Å². The van der Waals surface area contributed by atoms with E-state index in [2.05, 4.69) is 27.4 Å². The van der Waals surface area contributed by atoms with Crippen LogP contribution in [-0.4, -0.2) is 61.8 Å². The number of aromatic nitrogens is 3. The highest BCUT2D eigenvalue weighted by Crippen LogP contribution is 2.44. The first-order valence-electron chi connectivity index (χ1n) is 12.8. The number of nitrogens with zero attached hydrogens (tertiary/aromatic N) is 5. The Morgan fingerprint density at radius 3 is 2.71 bits per heavy atom. The molecule has 0 N–H and O–H groups in total. The van der Waals surface area contributed by atoms with E-state index in [4.69, 9.17) is 4.42 Å². The van der Waals surface area contributed by atoms with Crippen LogP contribution in [0.5, 0.6) is 0 Å². The fourth-order valence-corrected chi connectivity index (χ4v) is 5.95. The molecule has 0 bridgehead atoms. The minimum Gasteiger partial charge on any atom is -0.451 e. The molecule has 1 saturated heterocycles. The summed E-state index contributed by atoms with van der Waals surface area (Å²) in [5.41, 5.74) is 2.99. The van der Waals surface area contributed by atoms with Gasteiger partial charge in [-0.3, -0.25) is 14.3 Å². The molecule has 0 atom stereocenters. The second kappa shape index (κ2) is 8.98. The number of hydrogen-bond donors (Lipinski definition) is 0. The van der Waals surface area contributed by atoms with Gasteiger partial charge in [-0.15, -0.1) is 5.10 Å². The van der Waals surface area contributed by atoms with Crippen molar-refractivity contribution in [3.63, 3.8) is 0 Å². The number of aryl methyl sites for hydroxylation is 1. The van der Waals surface area contributed by atoms with Crippen LogP contribution >= 0.6 is 0 Å². The summed E-state index contributed by atoms with van der Waals surface area (Å²) in [6.45, 7) is 2.67. The van der Waals surface area contributed by atoms with Crippen LogP contribution in [-0.2, 0) is 11.3 Å². The molecule has 3 aliphatic rings. The van der Waals surface area contributed by atoms with Crippen molar-refractivity contribution < 1.29 is 14.0 Å². The molecule has 3 aromatic rings. The number of likely N-dealkylation sites (tertiary alicyclic amines) is 1. The molecular weight excluding hydrogens is 442 g/mol. The second-order valence-electron chi connectivity index (χ2n) is 10.1. The smallest absolute Gasteiger partial charge is 0.290 e. The predicted octanol–water partition coefficient (Wildman–Crippen LogP) is 4.28. The first kappa shape index (κ1) is 22.1. The van der Waals surface area contributed by atoms with Gasteiger partial charge in [0.05, 0.1) is 12.7 Å². The molecule has 2 aliphatic heterocycles. The molecule has 1 spiro atoms. The van der Waals surface area contributed by atoms with Gasteiger partial charge in [-0.1, -0.05) is 36.6 Å². The lowest BCUT2D eigenvalue weighted by Crippen LogP contribution is -2.62. The van der Waals surface area contributed by atoms with Crippen molar-refractivity contribution in [3.8, 4) is 0 Å². The highest BCUT2D eigenvalue weighted by atomic mass is 16.3. The van der Waals surface area contributed by atoms with Crippen LogP contribution in [0.1, 0.15) is 67.5 Å². The highest BCUT2D eigenvalue weighted by molar-refractivity contribution is 5.97. The lowest BCUT2D eigenvalue weighted by molar-refractivity contribution is -0.131. The molecular formula is C27H31N5O3. The third-order valence-corrected chi connectivity index (χ3v) is 8.03. The van der Waals surface area contributed by atoms with Crippen LogP contribution < -0.4 is 0 Å². The molecule has 6 rings (SSSR count). The fourth-order valence-electron chi connectivity index (χ4n) is 5.95. The zero-order chi connectivity index (χ0) is 23.8. The van der Waals surface area contributed by atoms with Gasteiger partial charge in [-0.25, -0.2) is 0 Å². The van der Waals surface area contributed by atoms with E-state index in [9.17, 15) is 9.59 Å². The Balaban J connectivity index is 1.15. The maximum Gasteiger partial charge on any atom is 0.290 e. The first-order valence-corrected chi connectivity index (χ1v) is 12.8. The van der Waals surface area contributed by atoms with Gasteiger partial charge >= 0.3 is 0 Å². The number of fused-ring (bicyclic) bond motifs is 1. The number of carbonyl (C=O) groups is 2. The number of hydrogen-bond acceptors (Lipinski definition) is 5. The van der Waals surface area contributed by atoms with Crippen LogP contribution in [0.2, 0.25) is 0 Å². The Labute approximate surface area is 204 Å². The lowest BCUT2D eigenvalue weighted by Gasteiger charge is -2.54. The number of rotatable bonds is 5. The molecule has 1 aliphatic carbocycles. The maximum absolute atomic E-state index is 13.3. The average Bonchev–Trinajstić information content (AvgIpc) is 3.57. The quantitative estimate of drug-likeness (QED) is 0.552. The minimum atomic E-state index is 0.0249. The Kier molecular flexibility index (Phi) is 5.66. The van der Waals surface area contributed by atoms with Gasteiger partial charge in [0.2, 0.25) is 5.91 Å². The Bertz CT molecular complexity index is 1270. The summed E-state index contributed by atoms with van der Waals surface area (Å²) >= 11 is 0. The number of furan rings is 1. The van der Waals surface area contributed by atoms with Crippen molar-refractivity contribution in [2.75, 3.05) is 19.6 Å². The van der Waals surface area contributed by atoms with Crippen molar-refractivity contribution in [1.82, 2.24) is 24.8 Å². The third kappa shape index (κ3) is 4.15. The van der Waals surface area contributed by atoms with E-state index in [1.165, 1.54) is 19.3 Å². The Hall–Kier alpha value is -3.42. The normalized spacial score (nSPS) is 19.6. The van der Waals surface area contributed by atoms with Gasteiger partial charge in [0, 0.05) is 43.2 Å². The fraction of sp³-hybridized carbons (Fsp3) is 0.481. The van der Waals surface area contributed by atoms with Gasteiger partial charge in [0.1, 0.15) is 5.58 Å². The van der Waals surface area contributed by atoms with Gasteiger partial charge in [0.25, 0.3) is 5.91 Å². The molecule has 1 aromatic carbocycles. The third-order valence-electron chi connectivity index (χ3n) is 8.03. The molecule has 182 valence electrons. The van der Waals surface area contributed by atoms with Gasteiger partial charge in [-0.2, -0.15) is 0 Å². The lowest BCUT2D eigenvalue weighted by atomic mass is 9.72. The largest absolute Gasteiger partial charge is 0.451 e. The Morgan fingerprint density at radius 1 is 1.06 bits per heavy atom. The molecule has 8 nitrogen and oxygen atoms in total. The van der Waals surface area contributed by atoms with E-state index < -0.39 is 0 Å². The van der Waals surface area contributed by atoms with Crippen LogP contribution in [0.25, 0.3) is 16.5 Å². The molecule has 4 heterocycles. The van der Waals surface area contributed by atoms with Crippen LogP contribution in [0.4, 0.5) is 0 Å². The number of carbonyl (C=O) groups excluding carboxylic acids is 2. The maximum atomic E-state index is 13.3. The van der Waals surface area contributed by atoms with E-state index in [1.54, 1.807) is 17.1 Å². The average molecular weight is 474 g/mol. The topological polar surface area (TPSA) is 84.5 Å². The van der Waals surface area contributed by atoms with Crippen molar-refractivity contribution >= 4 is 28.4 Å². The van der Waals surface area contributed by atoms with E-state index in [1.807, 2.05) is 23.1 Å². The van der Waals surface area contributed by atoms with Crippen molar-refractivity contribution in [3.05, 3.63) is 54.1 Å². The summed E-state index contributed by atoms with van der Waals surface area (Å²) in [6, 6.07) is 7.94. The van der Waals surface area contributed by atoms with E-state index in [0.29, 0.717) is 25.3 Å². The molecule has 0 unspecified atom stereocenters. The molecule has 0 radical (unpaired) electrons. The summed E-state index contributed by atoms with van der Waals surface area (Å²) in [7, 11) is 0. The highest BCUT2D eigenvalue weighted by Gasteiger charge is 2.48. The van der Waals surface area contributed by atoms with Crippen molar-refractivity contribution in [2.45, 2.75) is 63.5 Å². The molecule has 1 saturated carbocycles. The summed E-state index contributed by atoms with van der Waals surface area (Å²) in [5, 5.41) is 8.65. The zero-order valence-corrected chi connectivity index (χ0v) is 20.0. The molecule has 2 amide bonds. The van der Waals surface area contributed by atoms with E-state index in [0.717, 1.165) is 60.9 Å². The van der Waals surface area contributed by atoms with Crippen molar-refractivity contribution in [2.24, 2.45) is 0 Å². The molecule has 8 heteroatoms. The molecule has 35 heavy (non-hydrogen) atoms. The zero-order valence-electron chi connectivity index (χ0n) is 20.0. The number of benzene rings is 1. The van der Waals surface area contributed by atoms with Crippen molar-refractivity contribution in [1.29, 1.82) is 0 Å². The molecule has 2 aromatic heterocycles.